The standard InChI is InChI=1S/C15H23NO5/c1-11-8-13(19-2)14(20-3)9-12(11)10-15(18)16-4-6-21-7-5-17/h8-9,17H,4-7,10H2,1-3H3,(H,16,18). The third-order valence-corrected chi connectivity index (χ3v) is 3.00. The van der Waals surface area contributed by atoms with Crippen molar-refractivity contribution < 1.29 is 24.1 Å². The van der Waals surface area contributed by atoms with Gasteiger partial charge in [-0.15, -0.1) is 0 Å². The van der Waals surface area contributed by atoms with Gasteiger partial charge >= 0.3 is 0 Å². The van der Waals surface area contributed by atoms with Gasteiger partial charge < -0.3 is 24.6 Å². The molecule has 0 radical (unpaired) electrons. The van der Waals surface area contributed by atoms with E-state index in [0.717, 1.165) is 11.1 Å². The summed E-state index contributed by atoms with van der Waals surface area (Å²) in [5.74, 6) is 1.17. The van der Waals surface area contributed by atoms with Gasteiger partial charge in [0.15, 0.2) is 11.5 Å². The summed E-state index contributed by atoms with van der Waals surface area (Å²) in [6.45, 7) is 3.00. The first-order valence-corrected chi connectivity index (χ1v) is 6.79. The summed E-state index contributed by atoms with van der Waals surface area (Å²) in [6, 6.07) is 3.67. The topological polar surface area (TPSA) is 77.0 Å². The fraction of sp³-hybridized carbons (Fsp3) is 0.533. The van der Waals surface area contributed by atoms with E-state index in [0.29, 0.717) is 24.7 Å². The molecule has 1 aromatic carbocycles. The Morgan fingerprint density at radius 3 is 2.48 bits per heavy atom. The van der Waals surface area contributed by atoms with E-state index in [2.05, 4.69) is 5.32 Å². The molecule has 6 nitrogen and oxygen atoms in total. The molecule has 0 aliphatic rings. The van der Waals surface area contributed by atoms with Gasteiger partial charge in [-0.25, -0.2) is 0 Å². The quantitative estimate of drug-likeness (QED) is 0.656. The second-order valence-electron chi connectivity index (χ2n) is 4.50. The lowest BCUT2D eigenvalue weighted by Gasteiger charge is -2.13. The lowest BCUT2D eigenvalue weighted by molar-refractivity contribution is -0.120. The smallest absolute Gasteiger partial charge is 0.224 e. The summed E-state index contributed by atoms with van der Waals surface area (Å²) in [7, 11) is 3.14. The average Bonchev–Trinajstić information content (AvgIpc) is 2.48. The molecule has 0 aliphatic heterocycles. The number of hydrogen-bond acceptors (Lipinski definition) is 5. The highest BCUT2D eigenvalue weighted by Crippen LogP contribution is 2.30. The molecule has 118 valence electrons. The molecule has 0 atom stereocenters. The molecule has 0 aliphatic carbocycles. The molecule has 1 amide bonds. The monoisotopic (exact) mass is 297 g/mol. The van der Waals surface area contributed by atoms with Gasteiger partial charge in [-0.2, -0.15) is 0 Å². The third kappa shape index (κ3) is 5.61. The maximum atomic E-state index is 11.9. The number of methoxy groups -OCH3 is 2. The van der Waals surface area contributed by atoms with Crippen molar-refractivity contribution in [1.82, 2.24) is 5.32 Å². The summed E-state index contributed by atoms with van der Waals surface area (Å²) in [5, 5.41) is 11.3. The molecule has 0 unspecified atom stereocenters. The van der Waals surface area contributed by atoms with E-state index in [4.69, 9.17) is 19.3 Å². The number of aryl methyl sites for hydroxylation is 1. The SMILES string of the molecule is COc1cc(C)c(CC(=O)NCCOCCO)cc1OC. The van der Waals surface area contributed by atoms with Crippen molar-refractivity contribution in [3.63, 3.8) is 0 Å². The Balaban J connectivity index is 2.55. The number of amides is 1. The van der Waals surface area contributed by atoms with E-state index < -0.39 is 0 Å². The van der Waals surface area contributed by atoms with Gasteiger partial charge in [0.25, 0.3) is 0 Å². The Kier molecular flexibility index (Phi) is 7.56. The fourth-order valence-corrected chi connectivity index (χ4v) is 1.88. The lowest BCUT2D eigenvalue weighted by atomic mass is 10.0. The van der Waals surface area contributed by atoms with Crippen molar-refractivity contribution in [3.05, 3.63) is 23.3 Å². The maximum absolute atomic E-state index is 11.9. The molecule has 0 saturated heterocycles. The van der Waals surface area contributed by atoms with E-state index in [1.807, 2.05) is 19.1 Å². The molecule has 0 heterocycles. The summed E-state index contributed by atoms with van der Waals surface area (Å²) < 4.78 is 15.5. The fourth-order valence-electron chi connectivity index (χ4n) is 1.88. The highest BCUT2D eigenvalue weighted by atomic mass is 16.5. The van der Waals surface area contributed by atoms with Gasteiger partial charge in [0.1, 0.15) is 0 Å². The van der Waals surface area contributed by atoms with Crippen LogP contribution in [0.1, 0.15) is 11.1 Å². The largest absolute Gasteiger partial charge is 0.493 e. The number of rotatable bonds is 9. The lowest BCUT2D eigenvalue weighted by Crippen LogP contribution is -2.29. The average molecular weight is 297 g/mol. The molecule has 2 N–H and O–H groups in total. The number of carbonyl (C=O) groups is 1. The second-order valence-corrected chi connectivity index (χ2v) is 4.50. The van der Waals surface area contributed by atoms with Crippen LogP contribution in [0, 0.1) is 6.92 Å². The normalized spacial score (nSPS) is 10.3. The summed E-state index contributed by atoms with van der Waals surface area (Å²) in [4.78, 5) is 11.9. The first-order chi connectivity index (χ1) is 10.1. The number of carbonyl (C=O) groups excluding carboxylic acids is 1. The first-order valence-electron chi connectivity index (χ1n) is 6.79. The van der Waals surface area contributed by atoms with Crippen molar-refractivity contribution in [2.24, 2.45) is 0 Å². The molecule has 6 heteroatoms. The Labute approximate surface area is 125 Å². The molecular weight excluding hydrogens is 274 g/mol. The van der Waals surface area contributed by atoms with Crippen molar-refractivity contribution in [2.75, 3.05) is 40.6 Å². The number of ether oxygens (including phenoxy) is 3. The molecule has 0 spiro atoms. The van der Waals surface area contributed by atoms with Gasteiger partial charge in [0.2, 0.25) is 5.91 Å². The first kappa shape index (κ1) is 17.3. The Hall–Kier alpha value is -1.79. The van der Waals surface area contributed by atoms with Gasteiger partial charge in [-0.1, -0.05) is 0 Å². The van der Waals surface area contributed by atoms with Gasteiger partial charge in [0.05, 0.1) is 40.5 Å². The molecule has 0 bridgehead atoms. The number of aliphatic hydroxyl groups excluding tert-OH is 1. The van der Waals surface area contributed by atoms with Crippen LogP contribution < -0.4 is 14.8 Å². The maximum Gasteiger partial charge on any atom is 0.224 e. The second kappa shape index (κ2) is 9.20. The van der Waals surface area contributed by atoms with Crippen molar-refractivity contribution in [2.45, 2.75) is 13.3 Å². The minimum Gasteiger partial charge on any atom is -0.493 e. The van der Waals surface area contributed by atoms with Crippen LogP contribution in [0.15, 0.2) is 12.1 Å². The van der Waals surface area contributed by atoms with Crippen LogP contribution in [0.5, 0.6) is 11.5 Å². The van der Waals surface area contributed by atoms with Gasteiger partial charge in [-0.3, -0.25) is 4.79 Å². The Morgan fingerprint density at radius 1 is 1.19 bits per heavy atom. The summed E-state index contributed by atoms with van der Waals surface area (Å²) in [5.41, 5.74) is 1.86. The molecule has 0 aromatic heterocycles. The molecule has 0 fully saturated rings. The zero-order valence-corrected chi connectivity index (χ0v) is 12.8. The minimum atomic E-state index is -0.0853. The van der Waals surface area contributed by atoms with Crippen LogP contribution >= 0.6 is 0 Å². The van der Waals surface area contributed by atoms with Crippen LogP contribution in [0.3, 0.4) is 0 Å². The van der Waals surface area contributed by atoms with Crippen LogP contribution in [0.2, 0.25) is 0 Å². The zero-order valence-electron chi connectivity index (χ0n) is 12.8. The van der Waals surface area contributed by atoms with Crippen molar-refractivity contribution in [1.29, 1.82) is 0 Å². The predicted molar refractivity (Wildman–Crippen MR) is 78.9 cm³/mol. The number of aliphatic hydroxyl groups is 1. The van der Waals surface area contributed by atoms with Crippen molar-refractivity contribution in [3.8, 4) is 11.5 Å². The molecule has 0 saturated carbocycles. The van der Waals surface area contributed by atoms with E-state index >= 15 is 0 Å². The molecule has 1 rings (SSSR count). The van der Waals surface area contributed by atoms with Crippen LogP contribution in [-0.4, -0.2) is 51.6 Å². The predicted octanol–water partition coefficient (Wildman–Crippen LogP) is 0.680. The molecule has 21 heavy (non-hydrogen) atoms. The highest BCUT2D eigenvalue weighted by molar-refractivity contribution is 5.79. The third-order valence-electron chi connectivity index (χ3n) is 3.00. The summed E-state index contributed by atoms with van der Waals surface area (Å²) in [6.07, 6.45) is 0.270. The van der Waals surface area contributed by atoms with Crippen LogP contribution in [0.4, 0.5) is 0 Å². The highest BCUT2D eigenvalue weighted by Gasteiger charge is 2.11. The number of hydrogen-bond donors (Lipinski definition) is 2. The van der Waals surface area contributed by atoms with Crippen molar-refractivity contribution >= 4 is 5.91 Å². The molecule has 1 aromatic rings. The zero-order chi connectivity index (χ0) is 15.7. The van der Waals surface area contributed by atoms with E-state index in [1.54, 1.807) is 14.2 Å². The van der Waals surface area contributed by atoms with Gasteiger partial charge in [0, 0.05) is 6.54 Å². The van der Waals surface area contributed by atoms with E-state index in [9.17, 15) is 4.79 Å². The van der Waals surface area contributed by atoms with Crippen LogP contribution in [0.25, 0.3) is 0 Å². The van der Waals surface area contributed by atoms with E-state index in [1.165, 1.54) is 0 Å². The number of nitrogens with one attached hydrogen (secondary N) is 1. The van der Waals surface area contributed by atoms with Gasteiger partial charge in [-0.05, 0) is 30.2 Å². The number of benzene rings is 1. The Morgan fingerprint density at radius 2 is 1.86 bits per heavy atom. The minimum absolute atomic E-state index is 0.0151. The summed E-state index contributed by atoms with van der Waals surface area (Å²) >= 11 is 0. The van der Waals surface area contributed by atoms with E-state index in [-0.39, 0.29) is 25.5 Å². The van der Waals surface area contributed by atoms with Crippen LogP contribution in [-0.2, 0) is 16.0 Å². The Bertz CT molecular complexity index is 462. The molecular formula is C15H23NO5.